The highest BCUT2D eigenvalue weighted by Crippen LogP contribution is 2.12. The van der Waals surface area contributed by atoms with Crippen LogP contribution in [-0.2, 0) is 0 Å². The Labute approximate surface area is 101 Å². The first-order valence-electron chi connectivity index (χ1n) is 6.51. The van der Waals surface area contributed by atoms with Crippen molar-refractivity contribution in [3.63, 3.8) is 0 Å². The molecule has 1 atom stereocenters. The second-order valence-electron chi connectivity index (χ2n) is 4.68. The van der Waals surface area contributed by atoms with Gasteiger partial charge in [-0.25, -0.2) is 0 Å². The van der Waals surface area contributed by atoms with Crippen LogP contribution in [0.5, 0.6) is 0 Å². The Morgan fingerprint density at radius 3 is 2.33 bits per heavy atom. The third-order valence-electron chi connectivity index (χ3n) is 2.42. The molecule has 0 aromatic carbocycles. The summed E-state index contributed by atoms with van der Waals surface area (Å²) < 4.78 is 0. The molecule has 0 rings (SSSR count). The van der Waals surface area contributed by atoms with Crippen LogP contribution in [0.2, 0.25) is 0 Å². The summed E-state index contributed by atoms with van der Waals surface area (Å²) in [6.07, 6.45) is 5.46. The third kappa shape index (κ3) is 10.6. The van der Waals surface area contributed by atoms with Crippen LogP contribution in [0.25, 0.3) is 0 Å². The summed E-state index contributed by atoms with van der Waals surface area (Å²) in [5.74, 6) is 3.42. The van der Waals surface area contributed by atoms with Crippen molar-refractivity contribution in [3.05, 3.63) is 0 Å². The van der Waals surface area contributed by atoms with E-state index in [1.54, 1.807) is 0 Å². The molecule has 0 aliphatic rings. The molecule has 1 unspecified atom stereocenters. The minimum Gasteiger partial charge on any atom is -0.313 e. The van der Waals surface area contributed by atoms with Gasteiger partial charge in [0, 0.05) is 11.8 Å². The highest BCUT2D eigenvalue weighted by Gasteiger charge is 2.07. The van der Waals surface area contributed by atoms with Crippen LogP contribution >= 0.6 is 11.8 Å². The second kappa shape index (κ2) is 10.8. The van der Waals surface area contributed by atoms with Gasteiger partial charge in [-0.3, -0.25) is 0 Å². The number of rotatable bonds is 10. The largest absolute Gasteiger partial charge is 0.313 e. The van der Waals surface area contributed by atoms with E-state index in [1.165, 1.54) is 37.2 Å². The fraction of sp³-hybridized carbons (Fsp3) is 1.00. The van der Waals surface area contributed by atoms with Crippen LogP contribution in [0.4, 0.5) is 0 Å². The normalized spacial score (nSPS) is 13.4. The zero-order valence-corrected chi connectivity index (χ0v) is 11.8. The van der Waals surface area contributed by atoms with Gasteiger partial charge in [-0.1, -0.05) is 47.0 Å². The Morgan fingerprint density at radius 2 is 1.80 bits per heavy atom. The smallest absolute Gasteiger partial charge is 0.0158 e. The Bertz CT molecular complexity index is 126. The van der Waals surface area contributed by atoms with Crippen LogP contribution in [0.3, 0.4) is 0 Å². The molecule has 0 aliphatic carbocycles. The summed E-state index contributed by atoms with van der Waals surface area (Å²) in [7, 11) is 0. The van der Waals surface area contributed by atoms with Crippen LogP contribution in [0.15, 0.2) is 0 Å². The number of thioether (sulfide) groups is 1. The molecule has 0 saturated carbocycles. The standard InChI is InChI=1S/C13H29NS/c1-5-7-8-9-13(14-6-2)11-15-10-12(3)4/h12-14H,5-11H2,1-4H3. The van der Waals surface area contributed by atoms with Crippen LogP contribution < -0.4 is 5.32 Å². The molecule has 0 aromatic rings. The molecule has 0 bridgehead atoms. The van der Waals surface area contributed by atoms with Crippen LogP contribution in [-0.4, -0.2) is 24.1 Å². The summed E-state index contributed by atoms with van der Waals surface area (Å²) in [6, 6.07) is 0.741. The topological polar surface area (TPSA) is 12.0 Å². The Kier molecular flexibility index (Phi) is 11.0. The molecular formula is C13H29NS. The number of hydrogen-bond acceptors (Lipinski definition) is 2. The first-order chi connectivity index (χ1) is 7.20. The lowest BCUT2D eigenvalue weighted by atomic mass is 10.1. The Hall–Kier alpha value is 0.310. The van der Waals surface area contributed by atoms with E-state index in [4.69, 9.17) is 0 Å². The summed E-state index contributed by atoms with van der Waals surface area (Å²) in [5, 5.41) is 3.59. The summed E-state index contributed by atoms with van der Waals surface area (Å²) >= 11 is 2.10. The molecule has 2 heteroatoms. The van der Waals surface area contributed by atoms with Crippen LogP contribution in [0, 0.1) is 5.92 Å². The molecule has 0 heterocycles. The number of unbranched alkanes of at least 4 members (excludes halogenated alkanes) is 2. The second-order valence-corrected chi connectivity index (χ2v) is 5.76. The Balaban J connectivity index is 3.53. The van der Waals surface area contributed by atoms with Gasteiger partial charge in [0.15, 0.2) is 0 Å². The summed E-state index contributed by atoms with van der Waals surface area (Å²) in [4.78, 5) is 0. The maximum absolute atomic E-state index is 3.59. The SMILES string of the molecule is CCCCCC(CSCC(C)C)NCC. The van der Waals surface area contributed by atoms with Crippen molar-refractivity contribution >= 4 is 11.8 Å². The van der Waals surface area contributed by atoms with E-state index in [9.17, 15) is 0 Å². The van der Waals surface area contributed by atoms with E-state index in [1.807, 2.05) is 0 Å². The van der Waals surface area contributed by atoms with E-state index in [0.29, 0.717) is 0 Å². The fourth-order valence-corrected chi connectivity index (χ4v) is 2.80. The van der Waals surface area contributed by atoms with E-state index in [-0.39, 0.29) is 0 Å². The van der Waals surface area contributed by atoms with Crippen molar-refractivity contribution in [2.75, 3.05) is 18.1 Å². The van der Waals surface area contributed by atoms with E-state index < -0.39 is 0 Å². The lowest BCUT2D eigenvalue weighted by molar-refractivity contribution is 0.506. The third-order valence-corrected chi connectivity index (χ3v) is 3.96. The molecular weight excluding hydrogens is 202 g/mol. The fourth-order valence-electron chi connectivity index (χ4n) is 1.62. The van der Waals surface area contributed by atoms with Crippen molar-refractivity contribution in [1.82, 2.24) is 5.32 Å². The zero-order valence-electron chi connectivity index (χ0n) is 11.0. The van der Waals surface area contributed by atoms with Gasteiger partial charge in [-0.15, -0.1) is 0 Å². The van der Waals surface area contributed by atoms with E-state index >= 15 is 0 Å². The van der Waals surface area contributed by atoms with Gasteiger partial charge >= 0.3 is 0 Å². The lowest BCUT2D eigenvalue weighted by Gasteiger charge is -2.17. The minimum absolute atomic E-state index is 0.741. The van der Waals surface area contributed by atoms with Crippen molar-refractivity contribution in [1.29, 1.82) is 0 Å². The van der Waals surface area contributed by atoms with Gasteiger partial charge in [-0.2, -0.15) is 11.8 Å². The quantitative estimate of drug-likeness (QED) is 0.572. The molecule has 0 spiro atoms. The minimum atomic E-state index is 0.741. The zero-order chi connectivity index (χ0) is 11.5. The molecule has 0 radical (unpaired) electrons. The molecule has 0 aromatic heterocycles. The highest BCUT2D eigenvalue weighted by atomic mass is 32.2. The summed E-state index contributed by atoms with van der Waals surface area (Å²) in [5.41, 5.74) is 0. The highest BCUT2D eigenvalue weighted by molar-refractivity contribution is 7.99. The molecule has 1 N–H and O–H groups in total. The Morgan fingerprint density at radius 1 is 1.07 bits per heavy atom. The monoisotopic (exact) mass is 231 g/mol. The van der Waals surface area contributed by atoms with Crippen molar-refractivity contribution in [2.45, 2.75) is 59.4 Å². The molecule has 92 valence electrons. The molecule has 0 saturated heterocycles. The maximum atomic E-state index is 3.59. The van der Waals surface area contributed by atoms with Gasteiger partial charge < -0.3 is 5.32 Å². The predicted molar refractivity (Wildman–Crippen MR) is 73.8 cm³/mol. The molecule has 15 heavy (non-hydrogen) atoms. The van der Waals surface area contributed by atoms with Gasteiger partial charge in [-0.05, 0) is 24.6 Å². The van der Waals surface area contributed by atoms with E-state index in [2.05, 4.69) is 44.8 Å². The summed E-state index contributed by atoms with van der Waals surface area (Å²) in [6.45, 7) is 10.2. The number of nitrogens with one attached hydrogen (secondary N) is 1. The van der Waals surface area contributed by atoms with Crippen molar-refractivity contribution in [2.24, 2.45) is 5.92 Å². The van der Waals surface area contributed by atoms with Crippen LogP contribution in [0.1, 0.15) is 53.4 Å². The van der Waals surface area contributed by atoms with Crippen molar-refractivity contribution in [3.8, 4) is 0 Å². The first kappa shape index (κ1) is 15.3. The van der Waals surface area contributed by atoms with E-state index in [0.717, 1.165) is 18.5 Å². The van der Waals surface area contributed by atoms with Gasteiger partial charge in [0.1, 0.15) is 0 Å². The average Bonchev–Trinajstić information content (AvgIpc) is 2.17. The number of hydrogen-bond donors (Lipinski definition) is 1. The maximum Gasteiger partial charge on any atom is 0.0158 e. The lowest BCUT2D eigenvalue weighted by Crippen LogP contribution is -2.31. The van der Waals surface area contributed by atoms with Gasteiger partial charge in [0.25, 0.3) is 0 Å². The first-order valence-corrected chi connectivity index (χ1v) is 7.67. The molecule has 0 amide bonds. The predicted octanol–water partition coefficient (Wildman–Crippen LogP) is 3.93. The molecule has 1 nitrogen and oxygen atoms in total. The van der Waals surface area contributed by atoms with Gasteiger partial charge in [0.05, 0.1) is 0 Å². The molecule has 0 aliphatic heterocycles. The van der Waals surface area contributed by atoms with Crippen molar-refractivity contribution < 1.29 is 0 Å². The van der Waals surface area contributed by atoms with Gasteiger partial charge in [0.2, 0.25) is 0 Å². The average molecular weight is 231 g/mol. The molecule has 0 fully saturated rings.